The van der Waals surface area contributed by atoms with E-state index in [0.717, 1.165) is 31.7 Å². The van der Waals surface area contributed by atoms with E-state index in [4.69, 9.17) is 5.41 Å². The highest BCUT2D eigenvalue weighted by atomic mass is 127. The smallest absolute Gasteiger partial charge is 0.235 e. The zero-order valence-corrected chi connectivity index (χ0v) is 18.0. The predicted octanol–water partition coefficient (Wildman–Crippen LogP) is 4.13. The molecular formula is C20H19IN4OS. The SMILES string of the molecule is CN1C(=N)N[C@](C)(c2ccc(-c3cc(I)cc(C#N)c3)s2)[C@H](C2CC2)C1=O. The Kier molecular flexibility index (Phi) is 4.51. The molecule has 0 unspecified atom stereocenters. The molecule has 27 heavy (non-hydrogen) atoms. The fourth-order valence-corrected chi connectivity index (χ4v) is 5.67. The maximum Gasteiger partial charge on any atom is 0.235 e. The lowest BCUT2D eigenvalue weighted by molar-refractivity contribution is -0.136. The standard InChI is InChI=1S/C20H19IN4OS/c1-20(17(12-3-4-12)18(26)25(2)19(23)24-20)16-6-5-15(27-16)13-7-11(10-22)8-14(21)9-13/h5-9,12,17H,3-4H2,1-2H3,(H2,23,24)/t17-,20-/m1/s1. The van der Waals surface area contributed by atoms with Gasteiger partial charge in [-0.05, 0) is 84.2 Å². The van der Waals surface area contributed by atoms with E-state index in [1.54, 1.807) is 18.4 Å². The van der Waals surface area contributed by atoms with Gasteiger partial charge in [0.05, 0.1) is 23.1 Å². The Balaban J connectivity index is 1.75. The van der Waals surface area contributed by atoms with Crippen molar-refractivity contribution in [2.75, 3.05) is 7.05 Å². The number of carbonyl (C=O) groups excluding carboxylic acids is 1. The molecule has 1 amide bonds. The number of hydrogen-bond donors (Lipinski definition) is 2. The lowest BCUT2D eigenvalue weighted by Crippen LogP contribution is -2.64. The van der Waals surface area contributed by atoms with E-state index < -0.39 is 5.54 Å². The third kappa shape index (κ3) is 3.15. The molecule has 1 aromatic heterocycles. The molecule has 1 aliphatic carbocycles. The quantitative estimate of drug-likeness (QED) is 0.636. The Labute approximate surface area is 176 Å². The largest absolute Gasteiger partial charge is 0.345 e. The molecule has 2 atom stereocenters. The summed E-state index contributed by atoms with van der Waals surface area (Å²) in [6.07, 6.45) is 2.13. The van der Waals surface area contributed by atoms with Crippen LogP contribution in [0.3, 0.4) is 0 Å². The predicted molar refractivity (Wildman–Crippen MR) is 114 cm³/mol. The summed E-state index contributed by atoms with van der Waals surface area (Å²) in [4.78, 5) is 16.5. The van der Waals surface area contributed by atoms with Crippen LogP contribution in [-0.4, -0.2) is 23.8 Å². The number of nitriles is 1. The van der Waals surface area contributed by atoms with Crippen LogP contribution in [0.2, 0.25) is 0 Å². The average molecular weight is 490 g/mol. The van der Waals surface area contributed by atoms with Crippen molar-refractivity contribution in [3.63, 3.8) is 0 Å². The van der Waals surface area contributed by atoms with Gasteiger partial charge in [-0.2, -0.15) is 5.26 Å². The van der Waals surface area contributed by atoms with Gasteiger partial charge >= 0.3 is 0 Å². The fraction of sp³-hybridized carbons (Fsp3) is 0.350. The molecule has 0 radical (unpaired) electrons. The Bertz CT molecular complexity index is 990. The van der Waals surface area contributed by atoms with E-state index >= 15 is 0 Å². The number of carbonyl (C=O) groups is 1. The van der Waals surface area contributed by atoms with Gasteiger partial charge in [-0.3, -0.25) is 15.1 Å². The number of thiophene rings is 1. The topological polar surface area (TPSA) is 80.0 Å². The lowest BCUT2D eigenvalue weighted by atomic mass is 9.78. The third-order valence-electron chi connectivity index (χ3n) is 5.45. The second-order valence-electron chi connectivity index (χ2n) is 7.39. The van der Waals surface area contributed by atoms with Crippen LogP contribution < -0.4 is 5.32 Å². The van der Waals surface area contributed by atoms with Crippen LogP contribution in [0.1, 0.15) is 30.2 Å². The molecule has 138 valence electrons. The number of nitrogens with one attached hydrogen (secondary N) is 2. The zero-order valence-electron chi connectivity index (χ0n) is 15.0. The number of halogens is 1. The summed E-state index contributed by atoms with van der Waals surface area (Å²) in [7, 11) is 1.67. The van der Waals surface area contributed by atoms with Crippen molar-refractivity contribution in [1.82, 2.24) is 10.2 Å². The molecule has 2 aromatic rings. The summed E-state index contributed by atoms with van der Waals surface area (Å²) in [6, 6.07) is 12.1. The minimum atomic E-state index is -0.579. The van der Waals surface area contributed by atoms with Crippen molar-refractivity contribution in [2.24, 2.45) is 11.8 Å². The Hall–Kier alpha value is -1.92. The van der Waals surface area contributed by atoms with E-state index in [-0.39, 0.29) is 17.8 Å². The molecule has 1 aromatic carbocycles. The Morgan fingerprint density at radius 1 is 1.37 bits per heavy atom. The van der Waals surface area contributed by atoms with Crippen molar-refractivity contribution < 1.29 is 4.79 Å². The highest BCUT2D eigenvalue weighted by molar-refractivity contribution is 14.1. The first-order valence-corrected chi connectivity index (χ1v) is 10.7. The number of amides is 1. The van der Waals surface area contributed by atoms with Crippen LogP contribution in [0.5, 0.6) is 0 Å². The molecule has 4 rings (SSSR count). The first kappa shape index (κ1) is 18.4. The first-order chi connectivity index (χ1) is 12.8. The summed E-state index contributed by atoms with van der Waals surface area (Å²) in [6.45, 7) is 2.04. The van der Waals surface area contributed by atoms with Crippen molar-refractivity contribution in [1.29, 1.82) is 10.7 Å². The summed E-state index contributed by atoms with van der Waals surface area (Å²) >= 11 is 3.86. The maximum absolute atomic E-state index is 12.9. The molecule has 2 heterocycles. The number of rotatable bonds is 3. The molecule has 1 aliphatic heterocycles. The Morgan fingerprint density at radius 2 is 2.11 bits per heavy atom. The van der Waals surface area contributed by atoms with Gasteiger partial charge in [-0.25, -0.2) is 0 Å². The van der Waals surface area contributed by atoms with Crippen molar-refractivity contribution in [2.45, 2.75) is 25.3 Å². The van der Waals surface area contributed by atoms with Crippen LogP contribution in [0.15, 0.2) is 30.3 Å². The summed E-state index contributed by atoms with van der Waals surface area (Å²) < 4.78 is 1.02. The number of hydrogen-bond acceptors (Lipinski definition) is 4. The van der Waals surface area contributed by atoms with Crippen LogP contribution in [0, 0.1) is 32.1 Å². The van der Waals surface area contributed by atoms with E-state index in [2.05, 4.69) is 52.2 Å². The molecule has 5 nitrogen and oxygen atoms in total. The lowest BCUT2D eigenvalue weighted by Gasteiger charge is -2.45. The molecule has 7 heteroatoms. The molecule has 0 spiro atoms. The van der Waals surface area contributed by atoms with Crippen LogP contribution >= 0.6 is 33.9 Å². The summed E-state index contributed by atoms with van der Waals surface area (Å²) in [5, 5.41) is 20.7. The molecular weight excluding hydrogens is 471 g/mol. The van der Waals surface area contributed by atoms with Gasteiger partial charge in [-0.15, -0.1) is 11.3 Å². The van der Waals surface area contributed by atoms with Crippen LogP contribution in [-0.2, 0) is 10.3 Å². The minimum absolute atomic E-state index is 0.0275. The number of nitrogens with zero attached hydrogens (tertiary/aromatic N) is 2. The van der Waals surface area contributed by atoms with Gasteiger partial charge < -0.3 is 5.32 Å². The number of benzene rings is 1. The molecule has 0 bridgehead atoms. The first-order valence-electron chi connectivity index (χ1n) is 8.79. The van der Waals surface area contributed by atoms with E-state index in [0.29, 0.717) is 11.5 Å². The van der Waals surface area contributed by atoms with Gasteiger partial charge in [0.25, 0.3) is 0 Å². The second kappa shape index (κ2) is 6.60. The van der Waals surface area contributed by atoms with E-state index in [1.807, 2.05) is 19.1 Å². The second-order valence-corrected chi connectivity index (χ2v) is 9.72. The van der Waals surface area contributed by atoms with Gasteiger partial charge in [0.1, 0.15) is 0 Å². The van der Waals surface area contributed by atoms with Crippen molar-refractivity contribution >= 4 is 45.8 Å². The third-order valence-corrected chi connectivity index (χ3v) is 7.45. The molecule has 2 fully saturated rings. The van der Waals surface area contributed by atoms with Gasteiger partial charge in [0, 0.05) is 20.4 Å². The van der Waals surface area contributed by atoms with Crippen LogP contribution in [0.25, 0.3) is 10.4 Å². The van der Waals surface area contributed by atoms with E-state index in [1.165, 1.54) is 4.90 Å². The Morgan fingerprint density at radius 3 is 2.78 bits per heavy atom. The summed E-state index contributed by atoms with van der Waals surface area (Å²) in [5.41, 5.74) is 1.07. The summed E-state index contributed by atoms with van der Waals surface area (Å²) in [5.74, 6) is 0.391. The average Bonchev–Trinajstić information content (AvgIpc) is 3.32. The molecule has 1 saturated carbocycles. The molecule has 2 N–H and O–H groups in total. The van der Waals surface area contributed by atoms with Crippen molar-refractivity contribution in [3.8, 4) is 16.5 Å². The zero-order chi connectivity index (χ0) is 19.3. The maximum atomic E-state index is 12.9. The number of guanidine groups is 1. The monoisotopic (exact) mass is 490 g/mol. The van der Waals surface area contributed by atoms with Gasteiger partial charge in [-0.1, -0.05) is 0 Å². The highest BCUT2D eigenvalue weighted by Gasteiger charge is 2.54. The fourth-order valence-electron chi connectivity index (χ4n) is 3.86. The normalized spacial score (nSPS) is 25.3. The molecule has 2 aliphatic rings. The van der Waals surface area contributed by atoms with Crippen molar-refractivity contribution in [3.05, 3.63) is 44.3 Å². The van der Waals surface area contributed by atoms with Crippen LogP contribution in [0.4, 0.5) is 0 Å². The van der Waals surface area contributed by atoms with Gasteiger partial charge in [0.2, 0.25) is 5.91 Å². The van der Waals surface area contributed by atoms with Gasteiger partial charge in [0.15, 0.2) is 5.96 Å². The molecule has 1 saturated heterocycles. The highest BCUT2D eigenvalue weighted by Crippen LogP contribution is 2.50. The van der Waals surface area contributed by atoms with E-state index in [9.17, 15) is 10.1 Å². The minimum Gasteiger partial charge on any atom is -0.345 e.